The molecule has 35 heavy (non-hydrogen) atoms. The van der Waals surface area contributed by atoms with Gasteiger partial charge in [-0.1, -0.05) is 93.6 Å². The number of halogens is 1. The molecule has 184 valence electrons. The molecule has 4 unspecified atom stereocenters. The van der Waals surface area contributed by atoms with Crippen LogP contribution in [0.2, 0.25) is 0 Å². The highest BCUT2D eigenvalue weighted by atomic mass is 19.1. The van der Waals surface area contributed by atoms with E-state index in [2.05, 4.69) is 106 Å². The van der Waals surface area contributed by atoms with E-state index in [0.717, 1.165) is 24.8 Å². The molecular weight excluding hydrogens is 431 g/mol. The van der Waals surface area contributed by atoms with Crippen LogP contribution in [0.1, 0.15) is 82.7 Å². The Kier molecular flexibility index (Phi) is 9.24. The molecule has 0 amide bonds. The van der Waals surface area contributed by atoms with E-state index in [0.29, 0.717) is 0 Å². The molecule has 3 aromatic carbocycles. The van der Waals surface area contributed by atoms with Crippen LogP contribution in [-0.2, 0) is 5.41 Å². The molecule has 3 rings (SSSR count). The lowest BCUT2D eigenvalue weighted by molar-refractivity contribution is 0.0789. The SMILES string of the molecule is CCC(CCC(C#N)(c1ccc(F)cc1)C(C)C)N(C(C)c1ccccc1)C(C)c1ccccc1. The Bertz CT molecular complexity index is 1030. The predicted octanol–water partition coefficient (Wildman–Crippen LogP) is 8.63. The van der Waals surface area contributed by atoms with Gasteiger partial charge >= 0.3 is 0 Å². The van der Waals surface area contributed by atoms with Gasteiger partial charge in [0.2, 0.25) is 0 Å². The first-order valence-corrected chi connectivity index (χ1v) is 12.9. The van der Waals surface area contributed by atoms with Crippen LogP contribution in [0.3, 0.4) is 0 Å². The second kappa shape index (κ2) is 12.1. The molecule has 3 aromatic rings. The molecule has 3 heteroatoms. The molecule has 0 aliphatic heterocycles. The Labute approximate surface area is 211 Å². The van der Waals surface area contributed by atoms with E-state index in [4.69, 9.17) is 0 Å². The molecule has 4 atom stereocenters. The summed E-state index contributed by atoms with van der Waals surface area (Å²) >= 11 is 0. The lowest BCUT2D eigenvalue weighted by atomic mass is 9.69. The van der Waals surface area contributed by atoms with Gasteiger partial charge in [-0.05, 0) is 67.9 Å². The van der Waals surface area contributed by atoms with Crippen LogP contribution in [0.5, 0.6) is 0 Å². The van der Waals surface area contributed by atoms with Gasteiger partial charge in [0.15, 0.2) is 0 Å². The zero-order chi connectivity index (χ0) is 25.4. The minimum absolute atomic E-state index is 0.113. The molecule has 0 radical (unpaired) electrons. The molecule has 0 aliphatic rings. The zero-order valence-corrected chi connectivity index (χ0v) is 21.8. The molecule has 0 bridgehead atoms. The van der Waals surface area contributed by atoms with Crippen molar-refractivity contribution in [3.05, 3.63) is 107 Å². The van der Waals surface area contributed by atoms with Gasteiger partial charge in [-0.25, -0.2) is 4.39 Å². The molecule has 0 saturated carbocycles. The van der Waals surface area contributed by atoms with Crippen molar-refractivity contribution < 1.29 is 4.39 Å². The first kappa shape index (κ1) is 26.6. The minimum atomic E-state index is -0.654. The third kappa shape index (κ3) is 6.00. The van der Waals surface area contributed by atoms with Gasteiger partial charge in [0.25, 0.3) is 0 Å². The van der Waals surface area contributed by atoms with E-state index in [1.54, 1.807) is 12.1 Å². The molecule has 0 saturated heterocycles. The van der Waals surface area contributed by atoms with Crippen LogP contribution >= 0.6 is 0 Å². The number of nitrogens with zero attached hydrogens (tertiary/aromatic N) is 2. The summed E-state index contributed by atoms with van der Waals surface area (Å²) in [4.78, 5) is 2.62. The average molecular weight is 471 g/mol. The van der Waals surface area contributed by atoms with Crippen LogP contribution in [-0.4, -0.2) is 10.9 Å². The monoisotopic (exact) mass is 470 g/mol. The summed E-state index contributed by atoms with van der Waals surface area (Å²) in [6.07, 6.45) is 2.59. The van der Waals surface area contributed by atoms with Crippen molar-refractivity contribution in [1.29, 1.82) is 5.26 Å². The lowest BCUT2D eigenvalue weighted by Gasteiger charge is -2.43. The van der Waals surface area contributed by atoms with Gasteiger partial charge in [-0.2, -0.15) is 5.26 Å². The quantitative estimate of drug-likeness (QED) is 0.280. The van der Waals surface area contributed by atoms with Crippen molar-refractivity contribution in [1.82, 2.24) is 4.90 Å². The van der Waals surface area contributed by atoms with Crippen molar-refractivity contribution in [3.8, 4) is 6.07 Å². The second-order valence-corrected chi connectivity index (χ2v) is 9.97. The van der Waals surface area contributed by atoms with E-state index >= 15 is 0 Å². The largest absolute Gasteiger partial charge is 0.287 e. The lowest BCUT2D eigenvalue weighted by Crippen LogP contribution is -2.41. The summed E-state index contributed by atoms with van der Waals surface area (Å²) in [5.74, 6) is -0.155. The van der Waals surface area contributed by atoms with Gasteiger partial charge in [0.1, 0.15) is 5.82 Å². The topological polar surface area (TPSA) is 27.0 Å². The number of nitriles is 1. The van der Waals surface area contributed by atoms with Gasteiger partial charge in [-0.3, -0.25) is 4.90 Å². The van der Waals surface area contributed by atoms with E-state index in [-0.39, 0.29) is 29.9 Å². The zero-order valence-electron chi connectivity index (χ0n) is 21.8. The Balaban J connectivity index is 1.96. The summed E-state index contributed by atoms with van der Waals surface area (Å²) in [7, 11) is 0. The highest BCUT2D eigenvalue weighted by Crippen LogP contribution is 2.40. The molecule has 0 fully saturated rings. The number of rotatable bonds is 11. The van der Waals surface area contributed by atoms with Crippen LogP contribution in [0.15, 0.2) is 84.9 Å². The van der Waals surface area contributed by atoms with Gasteiger partial charge in [0, 0.05) is 18.1 Å². The minimum Gasteiger partial charge on any atom is -0.287 e. The number of benzene rings is 3. The fraction of sp³-hybridized carbons (Fsp3) is 0.406. The molecule has 0 heterocycles. The maximum Gasteiger partial charge on any atom is 0.123 e. The smallest absolute Gasteiger partial charge is 0.123 e. The molecule has 2 nitrogen and oxygen atoms in total. The fourth-order valence-electron chi connectivity index (χ4n) is 5.50. The third-order valence-electron chi connectivity index (χ3n) is 7.77. The number of hydrogen-bond acceptors (Lipinski definition) is 2. The highest BCUT2D eigenvalue weighted by molar-refractivity contribution is 5.34. The maximum atomic E-state index is 13.7. The van der Waals surface area contributed by atoms with Crippen molar-refractivity contribution >= 4 is 0 Å². The second-order valence-electron chi connectivity index (χ2n) is 9.97. The van der Waals surface area contributed by atoms with Crippen LogP contribution in [0.4, 0.5) is 4.39 Å². The molecule has 0 N–H and O–H groups in total. The van der Waals surface area contributed by atoms with E-state index in [1.807, 2.05) is 0 Å². The summed E-state index contributed by atoms with van der Waals surface area (Å²) in [6.45, 7) is 11.0. The van der Waals surface area contributed by atoms with Crippen LogP contribution in [0, 0.1) is 23.1 Å². The van der Waals surface area contributed by atoms with Gasteiger partial charge in [-0.15, -0.1) is 0 Å². The number of hydrogen-bond donors (Lipinski definition) is 0. The highest BCUT2D eigenvalue weighted by Gasteiger charge is 2.38. The van der Waals surface area contributed by atoms with Crippen molar-refractivity contribution in [2.24, 2.45) is 5.92 Å². The average Bonchev–Trinajstić information content (AvgIpc) is 2.89. The first-order valence-electron chi connectivity index (χ1n) is 12.9. The molecule has 0 spiro atoms. The van der Waals surface area contributed by atoms with Crippen molar-refractivity contribution in [2.45, 2.75) is 77.4 Å². The van der Waals surface area contributed by atoms with E-state index in [9.17, 15) is 9.65 Å². The summed E-state index contributed by atoms with van der Waals surface area (Å²) in [5, 5.41) is 10.4. The first-order chi connectivity index (χ1) is 16.8. The summed E-state index contributed by atoms with van der Waals surface area (Å²) < 4.78 is 13.7. The Morgan fingerprint density at radius 2 is 1.29 bits per heavy atom. The molecular formula is C32H39FN2. The fourth-order valence-corrected chi connectivity index (χ4v) is 5.50. The molecule has 0 aromatic heterocycles. The van der Waals surface area contributed by atoms with Gasteiger partial charge in [0.05, 0.1) is 11.5 Å². The summed E-state index contributed by atoms with van der Waals surface area (Å²) in [6, 6.07) is 31.2. The Morgan fingerprint density at radius 1 is 0.800 bits per heavy atom. The Hall–Kier alpha value is -2.96. The van der Waals surface area contributed by atoms with Crippen molar-refractivity contribution in [2.75, 3.05) is 0 Å². The van der Waals surface area contributed by atoms with Gasteiger partial charge < -0.3 is 0 Å². The van der Waals surface area contributed by atoms with Crippen molar-refractivity contribution in [3.63, 3.8) is 0 Å². The van der Waals surface area contributed by atoms with Crippen LogP contribution < -0.4 is 0 Å². The van der Waals surface area contributed by atoms with E-state index in [1.165, 1.54) is 23.3 Å². The summed E-state index contributed by atoms with van der Waals surface area (Å²) in [5.41, 5.74) is 2.84. The maximum absolute atomic E-state index is 13.7. The van der Waals surface area contributed by atoms with E-state index < -0.39 is 5.41 Å². The molecule has 0 aliphatic carbocycles. The van der Waals surface area contributed by atoms with Crippen LogP contribution in [0.25, 0.3) is 0 Å². The standard InChI is InChI=1S/C32H39FN2/c1-6-31(21-22-32(23-34,24(2)3)29-17-19-30(33)20-18-29)35(25(4)27-13-9-7-10-14-27)26(5)28-15-11-8-12-16-28/h7-20,24-26,31H,6,21-22H2,1-5H3. The Morgan fingerprint density at radius 3 is 1.69 bits per heavy atom. The third-order valence-corrected chi connectivity index (χ3v) is 7.77. The predicted molar refractivity (Wildman–Crippen MR) is 143 cm³/mol. The normalized spacial score (nSPS) is 15.9.